The third-order valence-electron chi connectivity index (χ3n) is 14.7. The van der Waals surface area contributed by atoms with E-state index < -0.39 is 5.41 Å². The van der Waals surface area contributed by atoms with Crippen LogP contribution in [0.5, 0.6) is 0 Å². The van der Waals surface area contributed by atoms with E-state index in [2.05, 4.69) is 218 Å². The van der Waals surface area contributed by atoms with Gasteiger partial charge in [0.1, 0.15) is 0 Å². The number of hydrogen-bond donors (Lipinski definition) is 0. The molecule has 0 radical (unpaired) electrons. The number of rotatable bonds is 3. The molecule has 0 fully saturated rings. The summed E-state index contributed by atoms with van der Waals surface area (Å²) in [5, 5.41) is 10.3. The Morgan fingerprint density at radius 1 is 0.246 bits per heavy atom. The van der Waals surface area contributed by atoms with Crippen LogP contribution < -0.4 is 0 Å². The number of fused-ring (bicyclic) bond motifs is 18. The Morgan fingerprint density at radius 3 is 1.12 bits per heavy atom. The minimum absolute atomic E-state index is 0.495. The van der Waals surface area contributed by atoms with Gasteiger partial charge in [-0.3, -0.25) is 0 Å². The van der Waals surface area contributed by atoms with E-state index in [0.717, 1.165) is 0 Å². The molecule has 1 spiro atoms. The molecule has 11 aromatic carbocycles. The lowest BCUT2D eigenvalue weighted by molar-refractivity contribution is 0.796. The summed E-state index contributed by atoms with van der Waals surface area (Å²) < 4.78 is 5.31. The molecule has 0 bridgehead atoms. The van der Waals surface area contributed by atoms with Crippen molar-refractivity contribution in [3.05, 3.63) is 241 Å². The van der Waals surface area contributed by atoms with Crippen molar-refractivity contribution in [2.75, 3.05) is 0 Å². The first-order valence-corrected chi connectivity index (χ1v) is 24.1. The molecule has 300 valence electrons. The van der Waals surface area contributed by atoms with Crippen LogP contribution in [0.25, 0.3) is 118 Å². The van der Waals surface area contributed by atoms with E-state index in [1.807, 2.05) is 22.7 Å². The third-order valence-corrected chi connectivity index (χ3v) is 17.2. The zero-order chi connectivity index (χ0) is 42.4. The Labute approximate surface area is 383 Å². The summed E-state index contributed by atoms with van der Waals surface area (Å²) in [4.78, 5) is 0. The molecule has 2 aliphatic rings. The van der Waals surface area contributed by atoms with E-state index >= 15 is 0 Å². The second-order valence-corrected chi connectivity index (χ2v) is 19.8. The molecule has 0 unspecified atom stereocenters. The van der Waals surface area contributed by atoms with Crippen molar-refractivity contribution in [3.63, 3.8) is 0 Å². The van der Waals surface area contributed by atoms with Crippen molar-refractivity contribution in [1.29, 1.82) is 0 Å². The Hall–Kier alpha value is -7.62. The SMILES string of the molecule is c1ccc2c(c1)-c1ccccc1C21c2ccccc2-c2cccc(-c3c4cccc(-c5cccc6c5sc5ccccc56)c4cc4c(-c5cccc6c5sc5ccccc56)cccc34)c21. The maximum absolute atomic E-state index is 2.53. The zero-order valence-corrected chi connectivity index (χ0v) is 36.7. The molecule has 0 nitrogen and oxygen atoms in total. The maximum atomic E-state index is 2.53. The summed E-state index contributed by atoms with van der Waals surface area (Å²) in [5.74, 6) is 0. The summed E-state index contributed by atoms with van der Waals surface area (Å²) in [7, 11) is 0. The van der Waals surface area contributed by atoms with Gasteiger partial charge in [0.25, 0.3) is 0 Å². The average molecular weight is 857 g/mol. The van der Waals surface area contributed by atoms with Gasteiger partial charge in [0, 0.05) is 51.5 Å². The van der Waals surface area contributed by atoms with Crippen LogP contribution in [0.2, 0.25) is 0 Å². The highest BCUT2D eigenvalue weighted by Crippen LogP contribution is 2.65. The van der Waals surface area contributed by atoms with Crippen molar-refractivity contribution in [3.8, 4) is 55.6 Å². The van der Waals surface area contributed by atoms with Gasteiger partial charge >= 0.3 is 0 Å². The Morgan fingerprint density at radius 2 is 0.600 bits per heavy atom. The van der Waals surface area contributed by atoms with Crippen LogP contribution in [-0.2, 0) is 5.41 Å². The molecule has 13 aromatic rings. The van der Waals surface area contributed by atoms with Crippen LogP contribution in [0.4, 0.5) is 0 Å². The second kappa shape index (κ2) is 13.2. The molecular weight excluding hydrogens is 821 g/mol. The third kappa shape index (κ3) is 4.65. The van der Waals surface area contributed by atoms with E-state index in [4.69, 9.17) is 0 Å². The highest BCUT2D eigenvalue weighted by Gasteiger charge is 2.52. The first-order chi connectivity index (χ1) is 32.3. The monoisotopic (exact) mass is 856 g/mol. The van der Waals surface area contributed by atoms with Gasteiger partial charge in [0.15, 0.2) is 0 Å². The quantitative estimate of drug-likeness (QED) is 0.155. The second-order valence-electron chi connectivity index (χ2n) is 17.7. The molecule has 0 saturated carbocycles. The van der Waals surface area contributed by atoms with Crippen molar-refractivity contribution < 1.29 is 0 Å². The molecule has 0 atom stereocenters. The molecule has 2 heteroatoms. The summed E-state index contributed by atoms with van der Waals surface area (Å²) in [6.07, 6.45) is 0. The molecule has 0 aliphatic heterocycles. The summed E-state index contributed by atoms with van der Waals surface area (Å²) >= 11 is 3.82. The molecule has 65 heavy (non-hydrogen) atoms. The fraction of sp³-hybridized carbons (Fsp3) is 0.0159. The van der Waals surface area contributed by atoms with Crippen LogP contribution >= 0.6 is 22.7 Å². The molecule has 0 saturated heterocycles. The fourth-order valence-electron chi connectivity index (χ4n) is 12.2. The minimum Gasteiger partial charge on any atom is -0.135 e. The number of benzene rings is 11. The molecule has 0 amide bonds. The number of hydrogen-bond acceptors (Lipinski definition) is 2. The predicted molar refractivity (Wildman–Crippen MR) is 280 cm³/mol. The van der Waals surface area contributed by atoms with Gasteiger partial charge in [-0.1, -0.05) is 200 Å². The largest absolute Gasteiger partial charge is 0.135 e. The minimum atomic E-state index is -0.495. The normalized spacial score (nSPS) is 13.4. The lowest BCUT2D eigenvalue weighted by Gasteiger charge is -2.32. The maximum Gasteiger partial charge on any atom is 0.0731 e. The standard InChI is InChI=1S/C63H36S2/c1-6-31-54-39(16-1)40-17-2-7-32-55(40)63(54)56-33-8-3-18-41(56)46-25-13-30-51(60(46)63)59-44-23-11-21-37(47-26-14-28-49-42-19-4-9-34-57(42)64-61(47)49)52(44)36-53-38(22-12-24-45(53)59)48-27-15-29-50-43-20-5-10-35-58(43)65-62(48)50/h1-36H. The lowest BCUT2D eigenvalue weighted by Crippen LogP contribution is -2.26. The summed E-state index contributed by atoms with van der Waals surface area (Å²) in [5.41, 5.74) is 17.9. The van der Waals surface area contributed by atoms with Crippen molar-refractivity contribution >= 4 is 84.6 Å². The van der Waals surface area contributed by atoms with Crippen molar-refractivity contribution in [2.45, 2.75) is 5.41 Å². The van der Waals surface area contributed by atoms with Crippen molar-refractivity contribution in [2.24, 2.45) is 0 Å². The predicted octanol–water partition coefficient (Wildman–Crippen LogP) is 18.1. The molecule has 2 aromatic heterocycles. The van der Waals surface area contributed by atoms with E-state index in [0.29, 0.717) is 0 Å². The Bertz CT molecular complexity index is 3960. The van der Waals surface area contributed by atoms with Gasteiger partial charge in [-0.25, -0.2) is 0 Å². The van der Waals surface area contributed by atoms with Gasteiger partial charge in [-0.05, 0) is 107 Å². The Balaban J connectivity index is 1.12. The highest BCUT2D eigenvalue weighted by atomic mass is 32.1. The van der Waals surface area contributed by atoms with E-state index in [1.165, 1.54) is 140 Å². The molecular formula is C63H36S2. The van der Waals surface area contributed by atoms with E-state index in [9.17, 15) is 0 Å². The summed E-state index contributed by atoms with van der Waals surface area (Å²) in [6, 6.07) is 82.9. The zero-order valence-electron chi connectivity index (χ0n) is 35.1. The number of thiophene rings is 2. The molecule has 0 N–H and O–H groups in total. The van der Waals surface area contributed by atoms with Crippen LogP contribution in [0, 0.1) is 0 Å². The fourth-order valence-corrected chi connectivity index (χ4v) is 14.7. The van der Waals surface area contributed by atoms with Crippen LogP contribution in [0.15, 0.2) is 218 Å². The van der Waals surface area contributed by atoms with Gasteiger partial charge in [0.05, 0.1) is 5.41 Å². The van der Waals surface area contributed by atoms with Crippen molar-refractivity contribution in [1.82, 2.24) is 0 Å². The van der Waals surface area contributed by atoms with Gasteiger partial charge in [-0.2, -0.15) is 0 Å². The average Bonchev–Trinajstić information content (AvgIpc) is 4.11. The van der Waals surface area contributed by atoms with Crippen LogP contribution in [0.3, 0.4) is 0 Å². The van der Waals surface area contributed by atoms with E-state index in [-0.39, 0.29) is 0 Å². The van der Waals surface area contributed by atoms with Crippen LogP contribution in [0.1, 0.15) is 22.3 Å². The molecule has 15 rings (SSSR count). The first-order valence-electron chi connectivity index (χ1n) is 22.5. The topological polar surface area (TPSA) is 0 Å². The van der Waals surface area contributed by atoms with Gasteiger partial charge in [-0.15, -0.1) is 22.7 Å². The molecule has 2 aliphatic carbocycles. The summed E-state index contributed by atoms with van der Waals surface area (Å²) in [6.45, 7) is 0. The highest BCUT2D eigenvalue weighted by molar-refractivity contribution is 7.26. The van der Waals surface area contributed by atoms with E-state index in [1.54, 1.807) is 0 Å². The smallest absolute Gasteiger partial charge is 0.0731 e. The lowest BCUT2D eigenvalue weighted by atomic mass is 9.68. The van der Waals surface area contributed by atoms with Crippen LogP contribution in [-0.4, -0.2) is 0 Å². The van der Waals surface area contributed by atoms with Gasteiger partial charge in [0.2, 0.25) is 0 Å². The first kappa shape index (κ1) is 35.8. The Kier molecular flexibility index (Phi) is 7.28. The van der Waals surface area contributed by atoms with Gasteiger partial charge < -0.3 is 0 Å². The molecule has 2 heterocycles.